The molecule has 22 heavy (non-hydrogen) atoms. The van der Waals surface area contributed by atoms with Crippen molar-refractivity contribution in [3.63, 3.8) is 0 Å². The lowest BCUT2D eigenvalue weighted by molar-refractivity contribution is 0.0951. The Kier molecular flexibility index (Phi) is 5.90. The molecule has 0 radical (unpaired) electrons. The Morgan fingerprint density at radius 2 is 1.73 bits per heavy atom. The van der Waals surface area contributed by atoms with Gasteiger partial charge >= 0.3 is 0 Å². The first-order valence-corrected chi connectivity index (χ1v) is 8.49. The van der Waals surface area contributed by atoms with Gasteiger partial charge in [-0.2, -0.15) is 0 Å². The summed E-state index contributed by atoms with van der Waals surface area (Å²) in [7, 11) is 0. The molecule has 0 bridgehead atoms. The summed E-state index contributed by atoms with van der Waals surface area (Å²) in [5.74, 6) is 0.698. The largest absolute Gasteiger partial charge is 0.491 e. The molecule has 0 heterocycles. The van der Waals surface area contributed by atoms with Crippen molar-refractivity contribution < 1.29 is 9.53 Å². The zero-order valence-electron chi connectivity index (χ0n) is 13.1. The van der Waals surface area contributed by atoms with Crippen molar-refractivity contribution in [2.75, 3.05) is 6.26 Å². The molecular formula is C18H21NO2S. The summed E-state index contributed by atoms with van der Waals surface area (Å²) in [6, 6.07) is 15.4. The maximum Gasteiger partial charge on any atom is 0.251 e. The summed E-state index contributed by atoms with van der Waals surface area (Å²) in [5.41, 5.74) is 1.72. The maximum atomic E-state index is 12.1. The zero-order chi connectivity index (χ0) is 15.9. The summed E-state index contributed by atoms with van der Waals surface area (Å²) in [4.78, 5) is 13.3. The summed E-state index contributed by atoms with van der Waals surface area (Å²) >= 11 is 1.70. The van der Waals surface area contributed by atoms with Crippen LogP contribution in [-0.4, -0.2) is 18.3 Å². The third kappa shape index (κ3) is 4.81. The second kappa shape index (κ2) is 7.90. The molecule has 0 aliphatic rings. The highest BCUT2D eigenvalue weighted by atomic mass is 32.2. The van der Waals surface area contributed by atoms with Gasteiger partial charge in [0.15, 0.2) is 0 Å². The van der Waals surface area contributed by atoms with E-state index in [9.17, 15) is 4.79 Å². The zero-order valence-corrected chi connectivity index (χ0v) is 13.9. The molecule has 2 aromatic rings. The molecule has 4 heteroatoms. The van der Waals surface area contributed by atoms with Gasteiger partial charge in [-0.15, -0.1) is 11.8 Å². The van der Waals surface area contributed by atoms with Crippen molar-refractivity contribution in [2.45, 2.75) is 31.4 Å². The van der Waals surface area contributed by atoms with Crippen LogP contribution in [0.1, 0.15) is 29.8 Å². The van der Waals surface area contributed by atoms with E-state index >= 15 is 0 Å². The molecule has 3 nitrogen and oxygen atoms in total. The van der Waals surface area contributed by atoms with Gasteiger partial charge in [-0.05, 0) is 62.1 Å². The second-order valence-electron chi connectivity index (χ2n) is 5.22. The van der Waals surface area contributed by atoms with Crippen LogP contribution in [0.25, 0.3) is 0 Å². The fraction of sp³-hybridized carbons (Fsp3) is 0.278. The van der Waals surface area contributed by atoms with Gasteiger partial charge in [0, 0.05) is 17.0 Å². The standard InChI is InChI=1S/C18H21NO2S/c1-13(2)21-16-8-6-15(7-9-16)18(20)19-12-14-4-10-17(22-3)11-5-14/h4-11,13H,12H2,1-3H3,(H,19,20). The van der Waals surface area contributed by atoms with E-state index in [2.05, 4.69) is 17.4 Å². The average molecular weight is 315 g/mol. The van der Waals surface area contributed by atoms with Gasteiger partial charge < -0.3 is 10.1 Å². The highest BCUT2D eigenvalue weighted by Crippen LogP contribution is 2.16. The molecular weight excluding hydrogens is 294 g/mol. The van der Waals surface area contributed by atoms with E-state index in [-0.39, 0.29) is 12.0 Å². The predicted molar refractivity (Wildman–Crippen MR) is 91.6 cm³/mol. The van der Waals surface area contributed by atoms with E-state index in [1.807, 2.05) is 44.4 Å². The lowest BCUT2D eigenvalue weighted by Gasteiger charge is -2.10. The summed E-state index contributed by atoms with van der Waals surface area (Å²) in [5, 5.41) is 2.93. The van der Waals surface area contributed by atoms with Crippen LogP contribution >= 0.6 is 11.8 Å². The molecule has 1 N–H and O–H groups in total. The molecule has 2 aromatic carbocycles. The molecule has 2 rings (SSSR count). The van der Waals surface area contributed by atoms with Crippen molar-refractivity contribution in [3.05, 3.63) is 59.7 Å². The number of amides is 1. The van der Waals surface area contributed by atoms with Gasteiger partial charge in [-0.3, -0.25) is 4.79 Å². The number of nitrogens with one attached hydrogen (secondary N) is 1. The van der Waals surface area contributed by atoms with Gasteiger partial charge in [0.05, 0.1) is 6.10 Å². The molecule has 116 valence electrons. The van der Waals surface area contributed by atoms with Crippen LogP contribution in [0.4, 0.5) is 0 Å². The summed E-state index contributed by atoms with van der Waals surface area (Å²) < 4.78 is 5.57. The number of carbonyl (C=O) groups excluding carboxylic acids is 1. The van der Waals surface area contributed by atoms with Crippen LogP contribution < -0.4 is 10.1 Å². The van der Waals surface area contributed by atoms with Gasteiger partial charge in [-0.25, -0.2) is 0 Å². The normalized spacial score (nSPS) is 10.5. The number of ether oxygens (including phenoxy) is 1. The maximum absolute atomic E-state index is 12.1. The van der Waals surface area contributed by atoms with Crippen LogP contribution in [0.15, 0.2) is 53.4 Å². The van der Waals surface area contributed by atoms with Crippen LogP contribution in [-0.2, 0) is 6.54 Å². The van der Waals surface area contributed by atoms with Gasteiger partial charge in [0.2, 0.25) is 0 Å². The second-order valence-corrected chi connectivity index (χ2v) is 6.10. The highest BCUT2D eigenvalue weighted by Gasteiger charge is 2.06. The van der Waals surface area contributed by atoms with Gasteiger partial charge in [0.25, 0.3) is 5.91 Å². The van der Waals surface area contributed by atoms with E-state index in [4.69, 9.17) is 4.74 Å². The smallest absolute Gasteiger partial charge is 0.251 e. The van der Waals surface area contributed by atoms with Crippen LogP contribution in [0.3, 0.4) is 0 Å². The molecule has 0 saturated heterocycles. The summed E-state index contributed by atoms with van der Waals surface area (Å²) in [6.07, 6.45) is 2.17. The molecule has 0 unspecified atom stereocenters. The van der Waals surface area contributed by atoms with Crippen LogP contribution in [0, 0.1) is 0 Å². The summed E-state index contributed by atoms with van der Waals surface area (Å²) in [6.45, 7) is 4.48. The van der Waals surface area contributed by atoms with Crippen molar-refractivity contribution in [1.29, 1.82) is 0 Å². The van der Waals surface area contributed by atoms with Crippen molar-refractivity contribution in [3.8, 4) is 5.75 Å². The number of benzene rings is 2. The van der Waals surface area contributed by atoms with Crippen molar-refractivity contribution in [1.82, 2.24) is 5.32 Å². The minimum Gasteiger partial charge on any atom is -0.491 e. The molecule has 0 saturated carbocycles. The Bertz CT molecular complexity index is 606. The van der Waals surface area contributed by atoms with E-state index in [0.717, 1.165) is 11.3 Å². The third-order valence-electron chi connectivity index (χ3n) is 3.10. The molecule has 0 aliphatic heterocycles. The lowest BCUT2D eigenvalue weighted by Crippen LogP contribution is -2.22. The first-order chi connectivity index (χ1) is 10.6. The third-order valence-corrected chi connectivity index (χ3v) is 3.84. The molecule has 0 atom stereocenters. The van der Waals surface area contributed by atoms with Crippen molar-refractivity contribution >= 4 is 17.7 Å². The van der Waals surface area contributed by atoms with Crippen molar-refractivity contribution in [2.24, 2.45) is 0 Å². The molecule has 1 amide bonds. The minimum absolute atomic E-state index is 0.0787. The Hall–Kier alpha value is -1.94. The monoisotopic (exact) mass is 315 g/mol. The molecule has 0 aliphatic carbocycles. The Morgan fingerprint density at radius 3 is 2.27 bits per heavy atom. The topological polar surface area (TPSA) is 38.3 Å². The fourth-order valence-electron chi connectivity index (χ4n) is 1.98. The number of hydrogen-bond acceptors (Lipinski definition) is 3. The average Bonchev–Trinajstić information content (AvgIpc) is 2.53. The van der Waals surface area contributed by atoms with Crippen LogP contribution in [0.2, 0.25) is 0 Å². The Morgan fingerprint density at radius 1 is 1.09 bits per heavy atom. The number of thioether (sulfide) groups is 1. The fourth-order valence-corrected chi connectivity index (χ4v) is 2.39. The van der Waals surface area contributed by atoms with E-state index in [1.165, 1.54) is 4.90 Å². The minimum atomic E-state index is -0.0787. The molecule has 0 spiro atoms. The van der Waals surface area contributed by atoms with Gasteiger partial charge in [-0.1, -0.05) is 12.1 Å². The quantitative estimate of drug-likeness (QED) is 0.815. The predicted octanol–water partition coefficient (Wildman–Crippen LogP) is 4.13. The van der Waals surface area contributed by atoms with E-state index in [0.29, 0.717) is 12.1 Å². The van der Waals surface area contributed by atoms with Crippen LogP contribution in [0.5, 0.6) is 5.75 Å². The number of carbonyl (C=O) groups is 1. The Balaban J connectivity index is 1.91. The van der Waals surface area contributed by atoms with Gasteiger partial charge in [0.1, 0.15) is 5.75 Å². The van der Waals surface area contributed by atoms with E-state index < -0.39 is 0 Å². The number of hydrogen-bond donors (Lipinski definition) is 1. The molecule has 0 aromatic heterocycles. The SMILES string of the molecule is CSc1ccc(CNC(=O)c2ccc(OC(C)C)cc2)cc1. The lowest BCUT2D eigenvalue weighted by atomic mass is 10.2. The first-order valence-electron chi connectivity index (χ1n) is 7.26. The highest BCUT2D eigenvalue weighted by molar-refractivity contribution is 7.98. The Labute approximate surface area is 136 Å². The molecule has 0 fully saturated rings. The number of rotatable bonds is 6. The van der Waals surface area contributed by atoms with E-state index in [1.54, 1.807) is 23.9 Å². The first kappa shape index (κ1) is 16.4.